The fourth-order valence-corrected chi connectivity index (χ4v) is 4.06. The summed E-state index contributed by atoms with van der Waals surface area (Å²) in [6.45, 7) is 24.3. The number of hydrogen-bond acceptors (Lipinski definition) is 8. The molecule has 0 aromatic carbocycles. The minimum Gasteiger partial charge on any atom is -0.550 e. The molecule has 0 aromatic rings. The normalized spacial score (nSPS) is 10.9. The van der Waals surface area contributed by atoms with E-state index in [-0.39, 0.29) is 51.4 Å². The predicted octanol–water partition coefficient (Wildman–Crippen LogP) is 6.95. The first-order chi connectivity index (χ1) is 21.1. The van der Waals surface area contributed by atoms with Gasteiger partial charge in [-0.3, -0.25) is 4.79 Å². The Bertz CT molecular complexity index is 665. The average Bonchev–Trinajstić information content (AvgIpc) is 2.87. The summed E-state index contributed by atoms with van der Waals surface area (Å²) in [5.41, 5.74) is 1.13. The van der Waals surface area contributed by atoms with Crippen LogP contribution in [0.2, 0.25) is 0 Å². The van der Waals surface area contributed by atoms with Crippen LogP contribution in [0, 0.1) is 16.2 Å². The van der Waals surface area contributed by atoms with E-state index in [1.807, 2.05) is 6.92 Å². The summed E-state index contributed by atoms with van der Waals surface area (Å²) in [5.74, 6) is -2.83. The van der Waals surface area contributed by atoms with Crippen LogP contribution in [0.3, 0.4) is 0 Å². The van der Waals surface area contributed by atoms with Crippen molar-refractivity contribution < 1.29 is 39.2 Å². The molecule has 0 aliphatic heterocycles. The molecule has 0 atom stereocenters. The van der Waals surface area contributed by atoms with Crippen LogP contribution in [-0.2, 0) is 23.9 Å². The van der Waals surface area contributed by atoms with E-state index in [9.17, 15) is 34.5 Å². The number of carboxylic acids is 3. The first-order valence-electron chi connectivity index (χ1n) is 17.8. The molecule has 278 valence electrons. The molecule has 0 fully saturated rings. The minimum absolute atomic E-state index is 0. The van der Waals surface area contributed by atoms with Gasteiger partial charge < -0.3 is 34.4 Å². The van der Waals surface area contributed by atoms with Crippen molar-refractivity contribution in [3.63, 3.8) is 0 Å². The summed E-state index contributed by atoms with van der Waals surface area (Å²) in [4.78, 5) is 40.8. The molecule has 0 N–H and O–H groups in total. The third-order valence-electron chi connectivity index (χ3n) is 6.71. The third-order valence-corrected chi connectivity index (χ3v) is 6.71. The first kappa shape index (κ1) is 55.2. The molecular weight excluding hydrogens is 793 g/mol. The van der Waals surface area contributed by atoms with Gasteiger partial charge in [0.05, 0.1) is 6.61 Å². The zero-order valence-corrected chi connectivity index (χ0v) is 35.8. The molecule has 9 heteroatoms. The number of hydrogen-bond donors (Lipinski definition) is 0. The van der Waals surface area contributed by atoms with Gasteiger partial charge in [0, 0.05) is 24.3 Å². The topological polar surface area (TPSA) is 147 Å². The van der Waals surface area contributed by atoms with Crippen LogP contribution >= 0.6 is 0 Å². The molecule has 0 amide bonds. The standard InChI is InChI=1S/3C10H20O2.C8H16O2.Bi/c3*1-10(2,3)8-6-4-5-7-9(11)12;1-3-5-6-7-8(9)10-4-2;/h3*4-8H2,1-3H3,(H,11,12);3-7H2,1-2H3;/q;;;;+3/p-3. The largest absolute Gasteiger partial charge is 3.00 e. The molecule has 0 bridgehead atoms. The number of unbranched alkanes of at least 4 members (excludes halogenated alkanes) is 8. The van der Waals surface area contributed by atoms with Gasteiger partial charge in [0.2, 0.25) is 0 Å². The molecule has 2 radical (unpaired) electrons. The summed E-state index contributed by atoms with van der Waals surface area (Å²) in [7, 11) is 0. The average molecular weight is 867 g/mol. The number of carbonyl (C=O) groups excluding carboxylic acids is 4. The summed E-state index contributed by atoms with van der Waals surface area (Å²) in [6.07, 6.45) is 16.6. The third kappa shape index (κ3) is 71.8. The predicted molar refractivity (Wildman–Crippen MR) is 189 cm³/mol. The Morgan fingerprint density at radius 1 is 0.447 bits per heavy atom. The Kier molecular flexibility index (Phi) is 40.6. The summed E-state index contributed by atoms with van der Waals surface area (Å²) >= 11 is 0. The molecule has 8 nitrogen and oxygen atoms in total. The van der Waals surface area contributed by atoms with Gasteiger partial charge in [-0.25, -0.2) is 0 Å². The van der Waals surface area contributed by atoms with Gasteiger partial charge in [0.15, 0.2) is 0 Å². The van der Waals surface area contributed by atoms with Crippen LogP contribution in [-0.4, -0.2) is 56.7 Å². The van der Waals surface area contributed by atoms with E-state index < -0.39 is 17.9 Å². The molecule has 0 saturated carbocycles. The van der Waals surface area contributed by atoms with Crippen LogP contribution in [0.5, 0.6) is 0 Å². The van der Waals surface area contributed by atoms with Gasteiger partial charge in [-0.15, -0.1) is 0 Å². The summed E-state index contributed by atoms with van der Waals surface area (Å²) < 4.78 is 4.75. The van der Waals surface area contributed by atoms with Crippen LogP contribution in [0.1, 0.15) is 198 Å². The van der Waals surface area contributed by atoms with Crippen LogP contribution in [0.15, 0.2) is 0 Å². The fourth-order valence-electron chi connectivity index (χ4n) is 4.06. The number of ether oxygens (including phenoxy) is 1. The second kappa shape index (κ2) is 34.6. The van der Waals surface area contributed by atoms with Crippen molar-refractivity contribution in [1.82, 2.24) is 0 Å². The van der Waals surface area contributed by atoms with Crippen molar-refractivity contribution in [2.75, 3.05) is 6.61 Å². The van der Waals surface area contributed by atoms with E-state index in [4.69, 9.17) is 4.74 Å². The van der Waals surface area contributed by atoms with E-state index in [0.717, 1.165) is 77.0 Å². The van der Waals surface area contributed by atoms with Gasteiger partial charge >= 0.3 is 32.2 Å². The number of esters is 1. The smallest absolute Gasteiger partial charge is 0.550 e. The van der Waals surface area contributed by atoms with Gasteiger partial charge in [-0.1, -0.05) is 121 Å². The maximum absolute atomic E-state index is 10.7. The molecular formula is C38H73BiO8. The number of carbonyl (C=O) groups is 4. The number of rotatable bonds is 20. The van der Waals surface area contributed by atoms with Crippen molar-refractivity contribution in [2.45, 2.75) is 198 Å². The quantitative estimate of drug-likeness (QED) is 0.0727. The van der Waals surface area contributed by atoms with Crippen molar-refractivity contribution in [2.24, 2.45) is 16.2 Å². The monoisotopic (exact) mass is 867 g/mol. The van der Waals surface area contributed by atoms with Crippen LogP contribution < -0.4 is 15.3 Å². The van der Waals surface area contributed by atoms with Gasteiger partial charge in [0.25, 0.3) is 0 Å². The number of carboxylic acid groups (broad SMARTS) is 3. The van der Waals surface area contributed by atoms with E-state index in [0.29, 0.717) is 29.3 Å². The molecule has 47 heavy (non-hydrogen) atoms. The Balaban J connectivity index is -0.000000166. The van der Waals surface area contributed by atoms with Crippen LogP contribution in [0.4, 0.5) is 0 Å². The fraction of sp³-hybridized carbons (Fsp3) is 0.895. The van der Waals surface area contributed by atoms with Crippen LogP contribution in [0.25, 0.3) is 0 Å². The van der Waals surface area contributed by atoms with E-state index >= 15 is 0 Å². The maximum atomic E-state index is 10.7. The van der Waals surface area contributed by atoms with Gasteiger partial charge in [-0.2, -0.15) is 0 Å². The Morgan fingerprint density at radius 2 is 0.723 bits per heavy atom. The van der Waals surface area contributed by atoms with Gasteiger partial charge in [-0.05, 0) is 87.4 Å². The van der Waals surface area contributed by atoms with E-state index in [1.54, 1.807) is 0 Å². The molecule has 0 heterocycles. The van der Waals surface area contributed by atoms with Gasteiger partial charge in [0.1, 0.15) is 0 Å². The van der Waals surface area contributed by atoms with E-state index in [2.05, 4.69) is 69.2 Å². The molecule has 0 aliphatic rings. The molecule has 0 saturated heterocycles. The van der Waals surface area contributed by atoms with Crippen molar-refractivity contribution in [1.29, 1.82) is 0 Å². The van der Waals surface area contributed by atoms with Crippen molar-refractivity contribution >= 4 is 50.1 Å². The van der Waals surface area contributed by atoms with Crippen molar-refractivity contribution in [3.8, 4) is 0 Å². The SMILES string of the molecule is CC(C)(C)CCCCCC(=O)[O-].CC(C)(C)CCCCCC(=O)[O-].CC(C)(C)CCCCCC(=O)[O-].CCCCCC(=O)OCC.[Bi+3]. The zero-order valence-electron chi connectivity index (χ0n) is 32.4. The Labute approximate surface area is 309 Å². The molecule has 0 aromatic heterocycles. The Hall–Kier alpha value is -1.24. The molecule has 0 spiro atoms. The van der Waals surface area contributed by atoms with Crippen molar-refractivity contribution in [3.05, 3.63) is 0 Å². The van der Waals surface area contributed by atoms with E-state index in [1.165, 1.54) is 19.3 Å². The summed E-state index contributed by atoms with van der Waals surface area (Å²) in [5, 5.41) is 30.1. The summed E-state index contributed by atoms with van der Waals surface area (Å²) in [6, 6.07) is 0. The Morgan fingerprint density at radius 3 is 0.936 bits per heavy atom. The second-order valence-corrected chi connectivity index (χ2v) is 15.7. The zero-order chi connectivity index (χ0) is 36.7. The second-order valence-electron chi connectivity index (χ2n) is 15.7. The number of aliphatic carboxylic acids is 3. The minimum atomic E-state index is -0.925. The molecule has 0 aliphatic carbocycles. The maximum Gasteiger partial charge on any atom is 3.00 e. The molecule has 0 rings (SSSR count). The first-order valence-corrected chi connectivity index (χ1v) is 17.8. The molecule has 0 unspecified atom stereocenters.